The van der Waals surface area contributed by atoms with E-state index < -0.39 is 0 Å². The van der Waals surface area contributed by atoms with Crippen LogP contribution in [0, 0.1) is 0 Å². The van der Waals surface area contributed by atoms with Gasteiger partial charge in [-0.1, -0.05) is 48.5 Å². The number of amides is 1. The van der Waals surface area contributed by atoms with Gasteiger partial charge in [-0.3, -0.25) is 4.79 Å². The van der Waals surface area contributed by atoms with Gasteiger partial charge in [0.05, 0.1) is 5.56 Å². The fraction of sp³-hybridized carbons (Fsp3) is 0.250. The van der Waals surface area contributed by atoms with E-state index in [1.54, 1.807) is 6.20 Å². The molecule has 0 aliphatic carbocycles. The Balaban J connectivity index is 1.33. The molecule has 1 unspecified atom stereocenters. The van der Waals surface area contributed by atoms with Gasteiger partial charge in [0.25, 0.3) is 5.91 Å². The molecule has 0 bridgehead atoms. The van der Waals surface area contributed by atoms with Gasteiger partial charge in [-0.25, -0.2) is 4.98 Å². The molecule has 2 aromatic heterocycles. The van der Waals surface area contributed by atoms with E-state index in [2.05, 4.69) is 37.2 Å². The monoisotopic (exact) mass is 412 g/mol. The Morgan fingerprint density at radius 1 is 1.00 bits per heavy atom. The first-order valence-electron chi connectivity index (χ1n) is 10.6. The maximum absolute atomic E-state index is 13.2. The Morgan fingerprint density at radius 2 is 1.81 bits per heavy atom. The largest absolute Gasteiger partial charge is 0.349 e. The van der Waals surface area contributed by atoms with Crippen molar-refractivity contribution in [1.29, 1.82) is 0 Å². The van der Waals surface area contributed by atoms with Crippen LogP contribution in [0.1, 0.15) is 29.0 Å². The molecular formula is C24H24N6O. The first-order valence-corrected chi connectivity index (χ1v) is 10.6. The molecule has 156 valence electrons. The highest BCUT2D eigenvalue weighted by molar-refractivity contribution is 6.00. The van der Waals surface area contributed by atoms with Gasteiger partial charge < -0.3 is 14.5 Å². The molecule has 1 aliphatic heterocycles. The molecule has 2 aromatic carbocycles. The SMILES string of the molecule is Cn1ccnc1-c1ccccc1C(=O)NC1CCc2nnc(-c3ccccc3)n2CC1. The molecule has 3 heterocycles. The van der Waals surface area contributed by atoms with Crippen LogP contribution in [0.5, 0.6) is 0 Å². The number of hydrogen-bond acceptors (Lipinski definition) is 4. The van der Waals surface area contributed by atoms with Crippen molar-refractivity contribution >= 4 is 5.91 Å². The average molecular weight is 412 g/mol. The fourth-order valence-corrected chi connectivity index (χ4v) is 4.20. The van der Waals surface area contributed by atoms with E-state index >= 15 is 0 Å². The first kappa shape index (κ1) is 19.2. The molecule has 5 rings (SSSR count). The van der Waals surface area contributed by atoms with Crippen LogP contribution in [0.4, 0.5) is 0 Å². The number of hydrogen-bond donors (Lipinski definition) is 1. The highest BCUT2D eigenvalue weighted by atomic mass is 16.1. The van der Waals surface area contributed by atoms with Gasteiger partial charge in [0.15, 0.2) is 5.82 Å². The van der Waals surface area contributed by atoms with Crippen LogP contribution in [0.25, 0.3) is 22.8 Å². The van der Waals surface area contributed by atoms with Crippen molar-refractivity contribution in [3.05, 3.63) is 78.4 Å². The third-order valence-corrected chi connectivity index (χ3v) is 5.85. The zero-order valence-electron chi connectivity index (χ0n) is 17.4. The Morgan fingerprint density at radius 3 is 2.61 bits per heavy atom. The number of fused-ring (bicyclic) bond motifs is 1. The van der Waals surface area contributed by atoms with Gasteiger partial charge in [0.2, 0.25) is 0 Å². The summed E-state index contributed by atoms with van der Waals surface area (Å²) in [6, 6.07) is 17.8. The summed E-state index contributed by atoms with van der Waals surface area (Å²) in [6.07, 6.45) is 6.08. The highest BCUT2D eigenvalue weighted by Crippen LogP contribution is 2.24. The quantitative estimate of drug-likeness (QED) is 0.557. The number of nitrogens with zero attached hydrogens (tertiary/aromatic N) is 5. The van der Waals surface area contributed by atoms with Crippen molar-refractivity contribution in [2.45, 2.75) is 31.8 Å². The zero-order chi connectivity index (χ0) is 21.2. The van der Waals surface area contributed by atoms with Crippen LogP contribution in [0.15, 0.2) is 67.0 Å². The minimum atomic E-state index is -0.0652. The number of nitrogens with one attached hydrogen (secondary N) is 1. The van der Waals surface area contributed by atoms with Gasteiger partial charge in [0, 0.05) is 49.6 Å². The van der Waals surface area contributed by atoms with Crippen LogP contribution >= 0.6 is 0 Å². The maximum atomic E-state index is 13.2. The molecular weight excluding hydrogens is 388 g/mol. The average Bonchev–Trinajstić information content (AvgIpc) is 3.36. The number of aromatic nitrogens is 5. The Bertz CT molecular complexity index is 1210. The molecule has 0 fully saturated rings. The second-order valence-electron chi connectivity index (χ2n) is 7.86. The second-order valence-corrected chi connectivity index (χ2v) is 7.86. The summed E-state index contributed by atoms with van der Waals surface area (Å²) in [5, 5.41) is 12.1. The summed E-state index contributed by atoms with van der Waals surface area (Å²) in [5.41, 5.74) is 2.54. The molecule has 1 amide bonds. The molecule has 4 aromatic rings. The lowest BCUT2D eigenvalue weighted by molar-refractivity contribution is 0.0933. The number of benzene rings is 2. The van der Waals surface area contributed by atoms with E-state index in [4.69, 9.17) is 0 Å². The van der Waals surface area contributed by atoms with E-state index in [1.807, 2.05) is 60.3 Å². The minimum absolute atomic E-state index is 0.0652. The summed E-state index contributed by atoms with van der Waals surface area (Å²) in [5.74, 6) is 2.58. The van der Waals surface area contributed by atoms with E-state index in [9.17, 15) is 4.79 Å². The van der Waals surface area contributed by atoms with Crippen LogP contribution in [-0.2, 0) is 20.0 Å². The van der Waals surface area contributed by atoms with Crippen molar-refractivity contribution in [2.24, 2.45) is 7.05 Å². The van der Waals surface area contributed by atoms with Crippen molar-refractivity contribution in [3.63, 3.8) is 0 Å². The van der Waals surface area contributed by atoms with Crippen LogP contribution in [0.3, 0.4) is 0 Å². The predicted octanol–water partition coefficient (Wildman–Crippen LogP) is 3.48. The van der Waals surface area contributed by atoms with E-state index in [0.29, 0.717) is 5.56 Å². The molecule has 31 heavy (non-hydrogen) atoms. The van der Waals surface area contributed by atoms with E-state index in [1.165, 1.54) is 0 Å². The normalized spacial score (nSPS) is 15.8. The lowest BCUT2D eigenvalue weighted by Gasteiger charge is -2.17. The number of carbonyl (C=O) groups is 1. The fourth-order valence-electron chi connectivity index (χ4n) is 4.20. The summed E-state index contributed by atoms with van der Waals surface area (Å²) in [7, 11) is 1.93. The van der Waals surface area contributed by atoms with Crippen LogP contribution in [0.2, 0.25) is 0 Å². The molecule has 1 atom stereocenters. The second kappa shape index (κ2) is 8.18. The van der Waals surface area contributed by atoms with Crippen LogP contribution in [-0.4, -0.2) is 36.3 Å². The molecule has 1 aliphatic rings. The molecule has 0 spiro atoms. The number of carbonyl (C=O) groups excluding carboxylic acids is 1. The molecule has 0 radical (unpaired) electrons. The van der Waals surface area contributed by atoms with Gasteiger partial charge in [-0.05, 0) is 18.9 Å². The number of rotatable bonds is 4. The Kier molecular flexibility index (Phi) is 5.08. The summed E-state index contributed by atoms with van der Waals surface area (Å²) < 4.78 is 4.11. The van der Waals surface area contributed by atoms with Gasteiger partial charge >= 0.3 is 0 Å². The lowest BCUT2D eigenvalue weighted by Crippen LogP contribution is -2.35. The molecule has 0 saturated carbocycles. The smallest absolute Gasteiger partial charge is 0.252 e. The number of imidazole rings is 1. The van der Waals surface area contributed by atoms with Crippen molar-refractivity contribution in [2.75, 3.05) is 0 Å². The standard InChI is InChI=1S/C24H24N6O/c1-29-16-14-25-23(29)19-9-5-6-10-20(19)24(31)26-18-11-12-21-27-28-22(30(21)15-13-18)17-7-3-2-4-8-17/h2-10,14,16,18H,11-13,15H2,1H3,(H,26,31). The molecule has 1 N–H and O–H groups in total. The number of aryl methyl sites for hydroxylation is 2. The molecule has 7 heteroatoms. The summed E-state index contributed by atoms with van der Waals surface area (Å²) in [4.78, 5) is 17.6. The van der Waals surface area contributed by atoms with Gasteiger partial charge in [-0.2, -0.15) is 0 Å². The highest BCUT2D eigenvalue weighted by Gasteiger charge is 2.23. The topological polar surface area (TPSA) is 77.6 Å². The lowest BCUT2D eigenvalue weighted by atomic mass is 10.0. The third kappa shape index (κ3) is 3.74. The summed E-state index contributed by atoms with van der Waals surface area (Å²) >= 11 is 0. The molecule has 0 saturated heterocycles. The maximum Gasteiger partial charge on any atom is 0.252 e. The van der Waals surface area contributed by atoms with Gasteiger partial charge in [-0.15, -0.1) is 10.2 Å². The van der Waals surface area contributed by atoms with Crippen molar-refractivity contribution in [3.8, 4) is 22.8 Å². The van der Waals surface area contributed by atoms with Crippen molar-refractivity contribution in [1.82, 2.24) is 29.6 Å². The molecule has 7 nitrogen and oxygen atoms in total. The van der Waals surface area contributed by atoms with E-state index in [0.717, 1.165) is 54.4 Å². The zero-order valence-corrected chi connectivity index (χ0v) is 17.4. The first-order chi connectivity index (χ1) is 15.2. The minimum Gasteiger partial charge on any atom is -0.349 e. The Labute approximate surface area is 180 Å². The summed E-state index contributed by atoms with van der Waals surface area (Å²) in [6.45, 7) is 0.776. The van der Waals surface area contributed by atoms with Crippen LogP contribution < -0.4 is 5.32 Å². The van der Waals surface area contributed by atoms with Crippen molar-refractivity contribution < 1.29 is 4.79 Å². The predicted molar refractivity (Wildman–Crippen MR) is 118 cm³/mol. The van der Waals surface area contributed by atoms with E-state index in [-0.39, 0.29) is 11.9 Å². The van der Waals surface area contributed by atoms with Gasteiger partial charge in [0.1, 0.15) is 11.6 Å². The Hall–Kier alpha value is -3.74. The third-order valence-electron chi connectivity index (χ3n) is 5.85.